The third-order valence-corrected chi connectivity index (χ3v) is 9.22. The van der Waals surface area contributed by atoms with Crippen LogP contribution in [0.2, 0.25) is 0 Å². The van der Waals surface area contributed by atoms with E-state index in [1.54, 1.807) is 0 Å². The summed E-state index contributed by atoms with van der Waals surface area (Å²) in [7, 11) is 0. The van der Waals surface area contributed by atoms with E-state index in [4.69, 9.17) is 14.2 Å². The van der Waals surface area contributed by atoms with Gasteiger partial charge in [-0.2, -0.15) is 0 Å². The first-order valence-corrected chi connectivity index (χ1v) is 20.0. The normalized spacial score (nSPS) is 18.1. The molecule has 6 heteroatoms. The number of unbranched alkanes of at least 4 members (excludes halogenated alkanes) is 22. The van der Waals surface area contributed by atoms with E-state index in [0.29, 0.717) is 12.8 Å². The van der Waals surface area contributed by atoms with Crippen molar-refractivity contribution in [1.82, 2.24) is 0 Å². The minimum Gasteiger partial charge on any atom is -0.456 e. The summed E-state index contributed by atoms with van der Waals surface area (Å²) in [6, 6.07) is 0. The molecular formula is C41H74O6. The van der Waals surface area contributed by atoms with Gasteiger partial charge in [-0.15, -0.1) is 0 Å². The van der Waals surface area contributed by atoms with E-state index in [1.807, 2.05) is 0 Å². The van der Waals surface area contributed by atoms with Crippen molar-refractivity contribution < 1.29 is 28.9 Å². The van der Waals surface area contributed by atoms with Gasteiger partial charge in [-0.3, -0.25) is 9.59 Å². The third kappa shape index (κ3) is 26.0. The van der Waals surface area contributed by atoms with Crippen LogP contribution in [-0.2, 0) is 23.8 Å². The van der Waals surface area contributed by atoms with Gasteiger partial charge in [0.25, 0.3) is 0 Å². The molecule has 1 saturated heterocycles. The van der Waals surface area contributed by atoms with Crippen LogP contribution < -0.4 is 0 Å². The molecule has 3 atom stereocenters. The molecule has 0 aromatic heterocycles. The van der Waals surface area contributed by atoms with Crippen LogP contribution in [-0.4, -0.2) is 48.6 Å². The van der Waals surface area contributed by atoms with Crippen LogP contribution in [0.25, 0.3) is 0 Å². The first kappa shape index (κ1) is 43.4. The molecule has 0 aromatic rings. The Morgan fingerprint density at radius 1 is 0.553 bits per heavy atom. The Hall–Kier alpha value is -1.66. The Bertz CT molecular complexity index is 778. The second-order valence-electron chi connectivity index (χ2n) is 13.7. The van der Waals surface area contributed by atoms with Gasteiger partial charge in [0.05, 0.1) is 13.2 Å². The van der Waals surface area contributed by atoms with Gasteiger partial charge in [0.15, 0.2) is 12.2 Å². The summed E-state index contributed by atoms with van der Waals surface area (Å²) in [4.78, 5) is 25.0. The number of carbonyl (C=O) groups excluding carboxylic acids is 2. The molecule has 1 rings (SSSR count). The smallest absolute Gasteiger partial charge is 0.306 e. The molecule has 6 nitrogen and oxygen atoms in total. The molecule has 1 N–H and O–H groups in total. The van der Waals surface area contributed by atoms with Crippen molar-refractivity contribution in [3.05, 3.63) is 24.3 Å². The molecule has 0 amide bonds. The van der Waals surface area contributed by atoms with E-state index < -0.39 is 18.3 Å². The van der Waals surface area contributed by atoms with Crippen molar-refractivity contribution in [2.24, 2.45) is 0 Å². The fourth-order valence-electron chi connectivity index (χ4n) is 6.18. The van der Waals surface area contributed by atoms with Crippen LogP contribution in [0.1, 0.15) is 194 Å². The Morgan fingerprint density at radius 3 is 1.32 bits per heavy atom. The summed E-state index contributed by atoms with van der Waals surface area (Å²) in [5, 5.41) is 9.70. The van der Waals surface area contributed by atoms with Gasteiger partial charge in [0.2, 0.25) is 0 Å². The first-order chi connectivity index (χ1) is 23.1. The van der Waals surface area contributed by atoms with Crippen molar-refractivity contribution in [2.45, 2.75) is 212 Å². The number of aliphatic hydroxyl groups excluding tert-OH is 1. The van der Waals surface area contributed by atoms with E-state index >= 15 is 0 Å². The number of allylic oxidation sites excluding steroid dienone is 4. The van der Waals surface area contributed by atoms with Gasteiger partial charge in [0, 0.05) is 12.8 Å². The van der Waals surface area contributed by atoms with E-state index in [0.717, 1.165) is 51.4 Å². The number of ether oxygens (including phenoxy) is 3. The SMILES string of the molecule is CCCCCCCC/C=C\CCCCCCCC(=O)O[C@@H]1[C@@H](OC(=O)CCCCCCC/C=C\CCCCCCCC)CO[C@@H]1CO. The molecule has 0 bridgehead atoms. The zero-order valence-electron chi connectivity index (χ0n) is 30.7. The van der Waals surface area contributed by atoms with Crippen LogP contribution in [0.3, 0.4) is 0 Å². The number of hydrogen-bond acceptors (Lipinski definition) is 6. The molecule has 47 heavy (non-hydrogen) atoms. The quantitative estimate of drug-likeness (QED) is 0.0428. The minimum absolute atomic E-state index is 0.148. The highest BCUT2D eigenvalue weighted by Crippen LogP contribution is 2.23. The summed E-state index contributed by atoms with van der Waals surface area (Å²) in [5.41, 5.74) is 0. The largest absolute Gasteiger partial charge is 0.456 e. The maximum Gasteiger partial charge on any atom is 0.306 e. The molecule has 1 aliphatic heterocycles. The lowest BCUT2D eigenvalue weighted by molar-refractivity contribution is -0.166. The fraction of sp³-hybridized carbons (Fsp3) is 0.854. The van der Waals surface area contributed by atoms with Crippen molar-refractivity contribution in [3.63, 3.8) is 0 Å². The Kier molecular flexibility index (Phi) is 30.3. The highest BCUT2D eigenvalue weighted by Gasteiger charge is 2.42. The molecular weight excluding hydrogens is 588 g/mol. The zero-order chi connectivity index (χ0) is 34.0. The molecule has 0 unspecified atom stereocenters. The van der Waals surface area contributed by atoms with Gasteiger partial charge >= 0.3 is 11.9 Å². The monoisotopic (exact) mass is 663 g/mol. The predicted octanol–water partition coefficient (Wildman–Crippen LogP) is 11.3. The predicted molar refractivity (Wildman–Crippen MR) is 195 cm³/mol. The van der Waals surface area contributed by atoms with Gasteiger partial charge < -0.3 is 19.3 Å². The first-order valence-electron chi connectivity index (χ1n) is 20.0. The van der Waals surface area contributed by atoms with E-state index in [2.05, 4.69) is 38.2 Å². The van der Waals surface area contributed by atoms with Gasteiger partial charge in [-0.1, -0.05) is 141 Å². The standard InChI is InChI=1S/C41H74O6/c1-3-5-7-9-11-13-15-17-19-21-23-25-27-29-31-33-39(43)46-38-36-45-37(35-42)41(38)47-40(44)34-32-30-28-26-24-22-20-18-16-14-12-10-8-6-4-2/h17-20,37-38,41-42H,3-16,21-36H2,1-2H3/b19-17-,20-18-/t37-,38+,41+/m1/s1. The van der Waals surface area contributed by atoms with Crippen LogP contribution in [0.5, 0.6) is 0 Å². The highest BCUT2D eigenvalue weighted by molar-refractivity contribution is 5.70. The fourth-order valence-corrected chi connectivity index (χ4v) is 6.18. The van der Waals surface area contributed by atoms with Crippen LogP contribution in [0.4, 0.5) is 0 Å². The molecule has 0 spiro atoms. The van der Waals surface area contributed by atoms with Crippen LogP contribution in [0.15, 0.2) is 24.3 Å². The number of aliphatic hydroxyl groups is 1. The summed E-state index contributed by atoms with van der Waals surface area (Å²) < 4.78 is 16.9. The topological polar surface area (TPSA) is 82.1 Å². The van der Waals surface area contributed by atoms with E-state index in [-0.39, 0.29) is 25.2 Å². The lowest BCUT2D eigenvalue weighted by Gasteiger charge is -2.22. The number of esters is 2. The van der Waals surface area contributed by atoms with Crippen molar-refractivity contribution >= 4 is 11.9 Å². The number of hydrogen-bond donors (Lipinski definition) is 1. The van der Waals surface area contributed by atoms with Crippen molar-refractivity contribution in [1.29, 1.82) is 0 Å². The van der Waals surface area contributed by atoms with Gasteiger partial charge in [0.1, 0.15) is 6.10 Å². The molecule has 1 aliphatic rings. The molecule has 1 heterocycles. The summed E-state index contributed by atoms with van der Waals surface area (Å²) in [6.07, 6.45) is 39.4. The second kappa shape index (κ2) is 32.9. The molecule has 0 aliphatic carbocycles. The van der Waals surface area contributed by atoms with Crippen LogP contribution in [0, 0.1) is 0 Å². The zero-order valence-corrected chi connectivity index (χ0v) is 30.7. The van der Waals surface area contributed by atoms with E-state index in [9.17, 15) is 14.7 Å². The van der Waals surface area contributed by atoms with Crippen molar-refractivity contribution in [3.8, 4) is 0 Å². The maximum absolute atomic E-state index is 12.5. The van der Waals surface area contributed by atoms with Crippen molar-refractivity contribution in [2.75, 3.05) is 13.2 Å². The summed E-state index contributed by atoms with van der Waals surface area (Å²) in [6.45, 7) is 4.39. The second-order valence-corrected chi connectivity index (χ2v) is 13.7. The minimum atomic E-state index is -0.742. The molecule has 0 saturated carbocycles. The highest BCUT2D eigenvalue weighted by atomic mass is 16.6. The van der Waals surface area contributed by atoms with Gasteiger partial charge in [-0.25, -0.2) is 0 Å². The van der Waals surface area contributed by atoms with Gasteiger partial charge in [-0.05, 0) is 64.2 Å². The molecule has 1 fully saturated rings. The average Bonchev–Trinajstić information content (AvgIpc) is 3.44. The summed E-state index contributed by atoms with van der Waals surface area (Å²) in [5.74, 6) is -0.594. The molecule has 274 valence electrons. The third-order valence-electron chi connectivity index (χ3n) is 9.22. The summed E-state index contributed by atoms with van der Waals surface area (Å²) >= 11 is 0. The Balaban J connectivity index is 2.06. The lowest BCUT2D eigenvalue weighted by Crippen LogP contribution is -2.39. The Morgan fingerprint density at radius 2 is 0.915 bits per heavy atom. The number of carbonyl (C=O) groups is 2. The lowest BCUT2D eigenvalue weighted by atomic mass is 10.1. The molecule has 0 radical (unpaired) electrons. The average molecular weight is 663 g/mol. The Labute approximate surface area is 289 Å². The number of rotatable bonds is 33. The van der Waals surface area contributed by atoms with Crippen LogP contribution >= 0.6 is 0 Å². The van der Waals surface area contributed by atoms with E-state index in [1.165, 1.54) is 116 Å². The molecule has 0 aromatic carbocycles. The maximum atomic E-state index is 12.5.